The first-order valence-electron chi connectivity index (χ1n) is 9.36. The van der Waals surface area contributed by atoms with Crippen molar-refractivity contribution in [3.63, 3.8) is 0 Å². The van der Waals surface area contributed by atoms with E-state index in [1.165, 1.54) is 38.5 Å². The molecule has 5 heteroatoms. The van der Waals surface area contributed by atoms with Crippen molar-refractivity contribution in [3.8, 4) is 0 Å². The molecule has 0 radical (unpaired) electrons. The maximum atomic E-state index is 12.5. The Bertz CT molecular complexity index is 559. The third-order valence-corrected chi connectivity index (χ3v) is 4.90. The second kappa shape index (κ2) is 8.81. The van der Waals surface area contributed by atoms with Gasteiger partial charge in [0.15, 0.2) is 0 Å². The van der Waals surface area contributed by atoms with Crippen molar-refractivity contribution < 1.29 is 4.79 Å². The van der Waals surface area contributed by atoms with Gasteiger partial charge in [0.25, 0.3) is 5.91 Å². The number of hydrogen-bond acceptors (Lipinski definition) is 4. The van der Waals surface area contributed by atoms with Gasteiger partial charge < -0.3 is 10.2 Å². The molecule has 0 atom stereocenters. The van der Waals surface area contributed by atoms with E-state index < -0.39 is 0 Å². The fraction of sp³-hybridized carbons (Fsp3) is 0.632. The summed E-state index contributed by atoms with van der Waals surface area (Å²) in [7, 11) is 0. The van der Waals surface area contributed by atoms with Gasteiger partial charge in [-0.25, -0.2) is 9.97 Å². The molecule has 5 nitrogen and oxygen atoms in total. The Morgan fingerprint density at radius 2 is 1.88 bits per heavy atom. The summed E-state index contributed by atoms with van der Waals surface area (Å²) in [6.45, 7) is 2.56. The maximum absolute atomic E-state index is 12.5. The number of carbonyl (C=O) groups is 1. The molecule has 0 saturated carbocycles. The highest BCUT2D eigenvalue weighted by atomic mass is 16.2. The summed E-state index contributed by atoms with van der Waals surface area (Å²) >= 11 is 0. The Labute approximate surface area is 144 Å². The zero-order valence-electron chi connectivity index (χ0n) is 14.5. The molecule has 0 aromatic carbocycles. The Morgan fingerprint density at radius 1 is 1.04 bits per heavy atom. The second-order valence-corrected chi connectivity index (χ2v) is 6.78. The number of rotatable bonds is 5. The van der Waals surface area contributed by atoms with Crippen LogP contribution in [-0.2, 0) is 0 Å². The fourth-order valence-electron chi connectivity index (χ4n) is 3.45. The zero-order valence-corrected chi connectivity index (χ0v) is 14.5. The van der Waals surface area contributed by atoms with Gasteiger partial charge in [-0.1, -0.05) is 24.5 Å². The molecular formula is C19H28N4O. The summed E-state index contributed by atoms with van der Waals surface area (Å²) in [5.41, 5.74) is 2.01. The normalized spacial score (nSPS) is 18.7. The lowest BCUT2D eigenvalue weighted by Crippen LogP contribution is -2.32. The lowest BCUT2D eigenvalue weighted by Gasteiger charge is -2.19. The van der Waals surface area contributed by atoms with Gasteiger partial charge in [-0.15, -0.1) is 0 Å². The molecule has 1 aliphatic heterocycles. The first-order chi connectivity index (χ1) is 11.8. The Kier molecular flexibility index (Phi) is 6.21. The molecule has 2 aliphatic rings. The number of nitrogens with zero attached hydrogens (tertiary/aromatic N) is 3. The number of amides is 1. The number of hydrogen-bond donors (Lipinski definition) is 1. The molecule has 0 unspecified atom stereocenters. The van der Waals surface area contributed by atoms with Crippen molar-refractivity contribution in [1.29, 1.82) is 0 Å². The van der Waals surface area contributed by atoms with Gasteiger partial charge in [0.1, 0.15) is 11.5 Å². The van der Waals surface area contributed by atoms with E-state index >= 15 is 0 Å². The molecule has 2 heterocycles. The van der Waals surface area contributed by atoms with Crippen LogP contribution in [0.2, 0.25) is 0 Å². The van der Waals surface area contributed by atoms with E-state index in [0.29, 0.717) is 5.69 Å². The minimum atomic E-state index is 0.0170. The summed E-state index contributed by atoms with van der Waals surface area (Å²) in [4.78, 5) is 23.1. The zero-order chi connectivity index (χ0) is 16.6. The molecule has 3 rings (SSSR count). The van der Waals surface area contributed by atoms with E-state index in [0.717, 1.165) is 44.7 Å². The van der Waals surface area contributed by atoms with Crippen LogP contribution in [0.15, 0.2) is 24.0 Å². The van der Waals surface area contributed by atoms with E-state index in [9.17, 15) is 4.79 Å². The van der Waals surface area contributed by atoms with Gasteiger partial charge in [-0.05, 0) is 44.9 Å². The van der Waals surface area contributed by atoms with Crippen LogP contribution in [0, 0.1) is 0 Å². The summed E-state index contributed by atoms with van der Waals surface area (Å²) in [5, 5.41) is 3.31. The molecule has 1 aliphatic carbocycles. The SMILES string of the molecule is O=C(c1cnc(NCCC2=CCCCC2)cn1)N1CCCCCC1. The van der Waals surface area contributed by atoms with E-state index in [-0.39, 0.29) is 5.91 Å². The topological polar surface area (TPSA) is 58.1 Å². The molecule has 1 N–H and O–H groups in total. The van der Waals surface area contributed by atoms with Gasteiger partial charge >= 0.3 is 0 Å². The predicted molar refractivity (Wildman–Crippen MR) is 96.1 cm³/mol. The number of likely N-dealkylation sites (tertiary alicyclic amines) is 1. The lowest BCUT2D eigenvalue weighted by atomic mass is 9.97. The molecular weight excluding hydrogens is 300 g/mol. The van der Waals surface area contributed by atoms with Crippen LogP contribution in [0.1, 0.15) is 68.3 Å². The number of anilines is 1. The Balaban J connectivity index is 1.49. The molecule has 24 heavy (non-hydrogen) atoms. The van der Waals surface area contributed by atoms with Crippen molar-refractivity contribution in [2.24, 2.45) is 0 Å². The summed E-state index contributed by atoms with van der Waals surface area (Å²) in [6.07, 6.45) is 16.4. The van der Waals surface area contributed by atoms with Crippen LogP contribution in [0.5, 0.6) is 0 Å². The third kappa shape index (κ3) is 4.79. The van der Waals surface area contributed by atoms with Gasteiger partial charge in [-0.3, -0.25) is 4.79 Å². The molecule has 1 amide bonds. The van der Waals surface area contributed by atoms with E-state index in [1.807, 2.05) is 4.90 Å². The van der Waals surface area contributed by atoms with Crippen LogP contribution in [0.3, 0.4) is 0 Å². The van der Waals surface area contributed by atoms with Crippen LogP contribution < -0.4 is 5.32 Å². The molecule has 0 bridgehead atoms. The highest BCUT2D eigenvalue weighted by Crippen LogP contribution is 2.20. The second-order valence-electron chi connectivity index (χ2n) is 6.78. The number of nitrogens with one attached hydrogen (secondary N) is 1. The van der Waals surface area contributed by atoms with Gasteiger partial charge in [0.05, 0.1) is 12.4 Å². The van der Waals surface area contributed by atoms with E-state index in [4.69, 9.17) is 0 Å². The minimum absolute atomic E-state index is 0.0170. The van der Waals surface area contributed by atoms with Crippen LogP contribution >= 0.6 is 0 Å². The van der Waals surface area contributed by atoms with Crippen molar-refractivity contribution >= 4 is 11.7 Å². The molecule has 1 aromatic heterocycles. The number of aromatic nitrogens is 2. The highest BCUT2D eigenvalue weighted by molar-refractivity contribution is 5.92. The molecule has 1 fully saturated rings. The molecule has 0 spiro atoms. The van der Waals surface area contributed by atoms with Crippen molar-refractivity contribution in [1.82, 2.24) is 14.9 Å². The lowest BCUT2D eigenvalue weighted by molar-refractivity contribution is 0.0755. The maximum Gasteiger partial charge on any atom is 0.274 e. The van der Waals surface area contributed by atoms with E-state index in [2.05, 4.69) is 21.4 Å². The largest absolute Gasteiger partial charge is 0.368 e. The summed E-state index contributed by atoms with van der Waals surface area (Å²) in [5.74, 6) is 0.766. The minimum Gasteiger partial charge on any atom is -0.368 e. The van der Waals surface area contributed by atoms with Crippen LogP contribution in [-0.4, -0.2) is 40.4 Å². The number of carbonyl (C=O) groups excluding carboxylic acids is 1. The van der Waals surface area contributed by atoms with Gasteiger partial charge in [0, 0.05) is 19.6 Å². The first kappa shape index (κ1) is 16.9. The number of allylic oxidation sites excluding steroid dienone is 1. The summed E-state index contributed by atoms with van der Waals surface area (Å²) < 4.78 is 0. The monoisotopic (exact) mass is 328 g/mol. The highest BCUT2D eigenvalue weighted by Gasteiger charge is 2.18. The average molecular weight is 328 g/mol. The van der Waals surface area contributed by atoms with Crippen LogP contribution in [0.4, 0.5) is 5.82 Å². The van der Waals surface area contributed by atoms with Crippen molar-refractivity contribution in [2.45, 2.75) is 57.8 Å². The third-order valence-electron chi connectivity index (χ3n) is 4.90. The first-order valence-corrected chi connectivity index (χ1v) is 9.36. The van der Waals surface area contributed by atoms with Gasteiger partial charge in [0.2, 0.25) is 0 Å². The Hall–Kier alpha value is -1.91. The fourth-order valence-corrected chi connectivity index (χ4v) is 3.45. The molecule has 1 saturated heterocycles. The quantitative estimate of drug-likeness (QED) is 0.835. The Morgan fingerprint density at radius 3 is 2.54 bits per heavy atom. The smallest absolute Gasteiger partial charge is 0.274 e. The predicted octanol–water partition coefficient (Wildman–Crippen LogP) is 3.80. The van der Waals surface area contributed by atoms with Crippen molar-refractivity contribution in [3.05, 3.63) is 29.7 Å². The average Bonchev–Trinajstić information content (AvgIpc) is 2.92. The molecule has 130 valence electrons. The van der Waals surface area contributed by atoms with E-state index in [1.54, 1.807) is 18.0 Å². The van der Waals surface area contributed by atoms with Crippen LogP contribution in [0.25, 0.3) is 0 Å². The van der Waals surface area contributed by atoms with Gasteiger partial charge in [-0.2, -0.15) is 0 Å². The summed E-state index contributed by atoms with van der Waals surface area (Å²) in [6, 6.07) is 0. The standard InChI is InChI=1S/C19H28N4O/c24-19(23-12-6-1-2-7-13-23)17-14-22-18(15-21-17)20-11-10-16-8-4-3-5-9-16/h8,14-15H,1-7,9-13H2,(H,20,22). The molecule has 1 aromatic rings. The van der Waals surface area contributed by atoms with Crippen molar-refractivity contribution in [2.75, 3.05) is 25.0 Å².